The lowest BCUT2D eigenvalue weighted by molar-refractivity contribution is -0.157. The summed E-state index contributed by atoms with van der Waals surface area (Å²) >= 11 is 0. The highest BCUT2D eigenvalue weighted by Gasteiger charge is 2.63. The van der Waals surface area contributed by atoms with Crippen LogP contribution < -0.4 is 0 Å². The molecule has 0 unspecified atom stereocenters. The molecule has 120 valence electrons. The van der Waals surface area contributed by atoms with Crippen LogP contribution in [0.2, 0.25) is 0 Å². The van der Waals surface area contributed by atoms with Crippen LogP contribution in [0.3, 0.4) is 0 Å². The summed E-state index contributed by atoms with van der Waals surface area (Å²) in [6, 6.07) is -0.846. The molecular formula is C14H21F2NO4. The van der Waals surface area contributed by atoms with Crippen molar-refractivity contribution in [1.82, 2.24) is 4.90 Å². The van der Waals surface area contributed by atoms with Crippen molar-refractivity contribution >= 4 is 12.1 Å². The van der Waals surface area contributed by atoms with Crippen molar-refractivity contribution in [2.75, 3.05) is 13.7 Å². The highest BCUT2D eigenvalue weighted by Crippen LogP contribution is 2.58. The van der Waals surface area contributed by atoms with Gasteiger partial charge in [-0.25, -0.2) is 18.4 Å². The van der Waals surface area contributed by atoms with Gasteiger partial charge in [0.2, 0.25) is 5.92 Å². The summed E-state index contributed by atoms with van der Waals surface area (Å²) in [7, 11) is 1.22. The Morgan fingerprint density at radius 2 is 1.81 bits per heavy atom. The molecule has 1 aliphatic carbocycles. The van der Waals surface area contributed by atoms with Crippen molar-refractivity contribution in [3.63, 3.8) is 0 Å². The number of amides is 1. The third-order valence-corrected chi connectivity index (χ3v) is 3.88. The van der Waals surface area contributed by atoms with Gasteiger partial charge in [0.05, 0.1) is 7.11 Å². The fraction of sp³-hybridized carbons (Fsp3) is 0.857. The minimum absolute atomic E-state index is 0.108. The number of hydrogen-bond donors (Lipinski definition) is 0. The number of hydrogen-bond acceptors (Lipinski definition) is 4. The summed E-state index contributed by atoms with van der Waals surface area (Å²) in [4.78, 5) is 25.2. The number of esters is 1. The van der Waals surface area contributed by atoms with Gasteiger partial charge >= 0.3 is 12.1 Å². The maximum Gasteiger partial charge on any atom is 0.411 e. The standard InChI is InChI=1S/C14H21F2NO4/c1-12(2,3)21-11(19)17-8-13(6-14(15,16)7-13)5-9(17)10(18)20-4/h9H,5-8H2,1-4H3/t9-/m0/s1. The molecule has 2 aliphatic rings. The first kappa shape index (κ1) is 16.0. The Morgan fingerprint density at radius 3 is 2.24 bits per heavy atom. The number of carbonyl (C=O) groups excluding carboxylic acids is 2. The minimum Gasteiger partial charge on any atom is -0.467 e. The number of likely N-dealkylation sites (tertiary alicyclic amines) is 1. The van der Waals surface area contributed by atoms with E-state index >= 15 is 0 Å². The molecule has 1 heterocycles. The van der Waals surface area contributed by atoms with Crippen molar-refractivity contribution in [1.29, 1.82) is 0 Å². The van der Waals surface area contributed by atoms with Crippen LogP contribution in [0.25, 0.3) is 0 Å². The highest BCUT2D eigenvalue weighted by molar-refractivity contribution is 5.82. The molecule has 21 heavy (non-hydrogen) atoms. The van der Waals surface area contributed by atoms with Crippen LogP contribution in [0.4, 0.5) is 13.6 Å². The lowest BCUT2D eigenvalue weighted by Crippen LogP contribution is -2.48. The molecule has 2 rings (SSSR count). The Bertz CT molecular complexity index is 450. The van der Waals surface area contributed by atoms with Crippen molar-refractivity contribution in [2.24, 2.45) is 5.41 Å². The molecule has 7 heteroatoms. The van der Waals surface area contributed by atoms with Crippen LogP contribution in [-0.4, -0.2) is 48.2 Å². The second kappa shape index (κ2) is 4.81. The lowest BCUT2D eigenvalue weighted by Gasteiger charge is -2.44. The Labute approximate surface area is 122 Å². The van der Waals surface area contributed by atoms with E-state index in [0.717, 1.165) is 0 Å². The van der Waals surface area contributed by atoms with E-state index in [-0.39, 0.29) is 25.8 Å². The molecule has 1 saturated carbocycles. The molecule has 1 aliphatic heterocycles. The Morgan fingerprint density at radius 1 is 1.24 bits per heavy atom. The van der Waals surface area contributed by atoms with Gasteiger partial charge in [0, 0.05) is 24.8 Å². The molecule has 2 fully saturated rings. The van der Waals surface area contributed by atoms with Gasteiger partial charge in [0.1, 0.15) is 11.6 Å². The first-order chi connectivity index (χ1) is 9.47. The van der Waals surface area contributed by atoms with E-state index < -0.39 is 35.0 Å². The molecule has 0 bridgehead atoms. The number of rotatable bonds is 1. The summed E-state index contributed by atoms with van der Waals surface area (Å²) in [5.41, 5.74) is -1.41. The smallest absolute Gasteiger partial charge is 0.411 e. The highest BCUT2D eigenvalue weighted by atomic mass is 19.3. The number of alkyl halides is 2. The van der Waals surface area contributed by atoms with Crippen LogP contribution in [0, 0.1) is 5.41 Å². The van der Waals surface area contributed by atoms with E-state index in [2.05, 4.69) is 4.74 Å². The fourth-order valence-corrected chi connectivity index (χ4v) is 3.22. The zero-order valence-electron chi connectivity index (χ0n) is 12.7. The normalized spacial score (nSPS) is 26.4. The average molecular weight is 305 g/mol. The second-order valence-corrected chi connectivity index (χ2v) is 7.06. The van der Waals surface area contributed by atoms with Crippen LogP contribution in [-0.2, 0) is 14.3 Å². The van der Waals surface area contributed by atoms with Gasteiger partial charge in [0.25, 0.3) is 0 Å². The first-order valence-corrected chi connectivity index (χ1v) is 6.92. The van der Waals surface area contributed by atoms with Crippen LogP contribution in [0.5, 0.6) is 0 Å². The van der Waals surface area contributed by atoms with Gasteiger partial charge in [-0.1, -0.05) is 0 Å². The zero-order chi connectivity index (χ0) is 16.1. The second-order valence-electron chi connectivity index (χ2n) is 7.06. The number of ether oxygens (including phenoxy) is 2. The summed E-state index contributed by atoms with van der Waals surface area (Å²) in [5.74, 6) is -3.29. The molecule has 1 amide bonds. The molecule has 0 N–H and O–H groups in total. The van der Waals surface area contributed by atoms with E-state index in [9.17, 15) is 18.4 Å². The largest absolute Gasteiger partial charge is 0.467 e. The molecular weight excluding hydrogens is 284 g/mol. The van der Waals surface area contributed by atoms with Gasteiger partial charge in [0.15, 0.2) is 0 Å². The predicted octanol–water partition coefficient (Wildman–Crippen LogP) is 2.58. The maximum absolute atomic E-state index is 13.2. The number of nitrogens with zero attached hydrogens (tertiary/aromatic N) is 1. The zero-order valence-corrected chi connectivity index (χ0v) is 12.7. The molecule has 0 aromatic rings. The SMILES string of the molecule is COC(=O)[C@@H]1CC2(CN1C(=O)OC(C)(C)C)CC(F)(F)C2. The van der Waals surface area contributed by atoms with Gasteiger partial charge < -0.3 is 9.47 Å². The topological polar surface area (TPSA) is 55.8 Å². The number of carbonyl (C=O) groups is 2. The third-order valence-electron chi connectivity index (χ3n) is 3.88. The van der Waals surface area contributed by atoms with Crippen molar-refractivity contribution in [2.45, 2.75) is 57.6 Å². The lowest BCUT2D eigenvalue weighted by atomic mass is 9.65. The Hall–Kier alpha value is -1.40. The van der Waals surface area contributed by atoms with Crippen LogP contribution in [0.15, 0.2) is 0 Å². The summed E-state index contributed by atoms with van der Waals surface area (Å²) in [6.45, 7) is 5.24. The molecule has 1 saturated heterocycles. The van der Waals surface area contributed by atoms with E-state index in [0.29, 0.717) is 0 Å². The van der Waals surface area contributed by atoms with Gasteiger partial charge in [-0.05, 0) is 27.2 Å². The Kier molecular flexibility index (Phi) is 3.66. The molecule has 0 aromatic heterocycles. The van der Waals surface area contributed by atoms with Gasteiger partial charge in [-0.15, -0.1) is 0 Å². The fourth-order valence-electron chi connectivity index (χ4n) is 3.22. The monoisotopic (exact) mass is 305 g/mol. The van der Waals surface area contributed by atoms with Crippen molar-refractivity contribution < 1.29 is 27.8 Å². The number of halogens is 2. The Balaban J connectivity index is 2.14. The van der Waals surface area contributed by atoms with E-state index in [4.69, 9.17) is 4.74 Å². The van der Waals surface area contributed by atoms with Gasteiger partial charge in [-0.2, -0.15) is 0 Å². The summed E-state index contributed by atoms with van der Waals surface area (Å²) in [5, 5.41) is 0. The van der Waals surface area contributed by atoms with Crippen molar-refractivity contribution in [3.8, 4) is 0 Å². The molecule has 1 atom stereocenters. The van der Waals surface area contributed by atoms with Crippen LogP contribution in [0.1, 0.15) is 40.0 Å². The average Bonchev–Trinajstić information content (AvgIpc) is 2.64. The van der Waals surface area contributed by atoms with E-state index in [1.807, 2.05) is 0 Å². The van der Waals surface area contributed by atoms with Gasteiger partial charge in [-0.3, -0.25) is 4.90 Å². The molecule has 0 radical (unpaired) electrons. The molecule has 1 spiro atoms. The molecule has 0 aromatic carbocycles. The first-order valence-electron chi connectivity index (χ1n) is 6.92. The molecule has 5 nitrogen and oxygen atoms in total. The summed E-state index contributed by atoms with van der Waals surface area (Å²) < 4.78 is 36.3. The summed E-state index contributed by atoms with van der Waals surface area (Å²) in [6.07, 6.45) is -1.06. The van der Waals surface area contributed by atoms with Crippen LogP contribution >= 0.6 is 0 Å². The maximum atomic E-state index is 13.2. The number of methoxy groups -OCH3 is 1. The third kappa shape index (κ3) is 3.27. The van der Waals surface area contributed by atoms with Crippen molar-refractivity contribution in [3.05, 3.63) is 0 Å². The predicted molar refractivity (Wildman–Crippen MR) is 70.0 cm³/mol. The quantitative estimate of drug-likeness (QED) is 0.699. The van der Waals surface area contributed by atoms with E-state index in [1.165, 1.54) is 12.0 Å². The minimum atomic E-state index is -2.70. The van der Waals surface area contributed by atoms with E-state index in [1.54, 1.807) is 20.8 Å².